The molecule has 10 nitrogen and oxygen atoms in total. The van der Waals surface area contributed by atoms with Crippen molar-refractivity contribution in [1.29, 1.82) is 0 Å². The Morgan fingerprint density at radius 1 is 1.20 bits per heavy atom. The van der Waals surface area contributed by atoms with Crippen molar-refractivity contribution in [3.8, 4) is 0 Å². The number of nitrogens with zero attached hydrogens (tertiary/aromatic N) is 1. The van der Waals surface area contributed by atoms with Crippen LogP contribution < -0.4 is 11.1 Å². The van der Waals surface area contributed by atoms with Gasteiger partial charge in [-0.2, -0.15) is 0 Å². The van der Waals surface area contributed by atoms with Crippen molar-refractivity contribution in [2.45, 2.75) is 83.7 Å². The Bertz CT molecular complexity index is 1250. The number of aliphatic hydroxyl groups is 2. The number of aromatic nitrogens is 1. The summed E-state index contributed by atoms with van der Waals surface area (Å²) >= 11 is 0. The first-order valence-corrected chi connectivity index (χ1v) is 14.8. The summed E-state index contributed by atoms with van der Waals surface area (Å²) in [6, 6.07) is 3.37. The molecule has 1 aliphatic heterocycles. The number of allylic oxidation sites excluding steroid dienone is 6. The van der Waals surface area contributed by atoms with Gasteiger partial charge in [0.15, 0.2) is 0 Å². The fourth-order valence-electron chi connectivity index (χ4n) is 4.44. The summed E-state index contributed by atoms with van der Waals surface area (Å²) in [6.45, 7) is 5.81. The number of pyridine rings is 1. The van der Waals surface area contributed by atoms with E-state index in [0.717, 1.165) is 11.1 Å². The molecule has 0 radical (unpaired) electrons. The summed E-state index contributed by atoms with van der Waals surface area (Å²) in [5, 5.41) is 23.4. The van der Waals surface area contributed by atoms with E-state index in [4.69, 9.17) is 15.2 Å². The third kappa shape index (κ3) is 14.8. The predicted molar refractivity (Wildman–Crippen MR) is 169 cm³/mol. The molecule has 1 aromatic rings. The first kappa shape index (κ1) is 35.9. The lowest BCUT2D eigenvalue weighted by molar-refractivity contribution is -0.144. The van der Waals surface area contributed by atoms with Gasteiger partial charge < -0.3 is 30.7 Å². The molecular formula is C34H45N3O7. The number of esters is 1. The summed E-state index contributed by atoms with van der Waals surface area (Å²) < 4.78 is 11.0. The van der Waals surface area contributed by atoms with E-state index in [2.05, 4.69) is 10.3 Å². The second kappa shape index (κ2) is 19.8. The second-order valence-corrected chi connectivity index (χ2v) is 10.8. The molecule has 1 aromatic heterocycles. The molecule has 2 rings (SSSR count). The molecule has 0 aromatic carbocycles. The van der Waals surface area contributed by atoms with Gasteiger partial charge in [-0.3, -0.25) is 9.78 Å². The topological polar surface area (TPSA) is 161 Å². The lowest BCUT2D eigenvalue weighted by Gasteiger charge is -2.22. The third-order valence-electron chi connectivity index (χ3n) is 6.83. The molecule has 5 atom stereocenters. The number of aliphatic hydroxyl groups excluding tert-OH is 2. The molecular weight excluding hydrogens is 562 g/mol. The van der Waals surface area contributed by atoms with Crippen molar-refractivity contribution in [1.82, 2.24) is 10.3 Å². The summed E-state index contributed by atoms with van der Waals surface area (Å²) in [6.07, 6.45) is 18.7. The summed E-state index contributed by atoms with van der Waals surface area (Å²) in [5.41, 5.74) is 7.50. The van der Waals surface area contributed by atoms with Crippen molar-refractivity contribution in [2.24, 2.45) is 11.7 Å². The van der Waals surface area contributed by atoms with E-state index in [0.29, 0.717) is 44.1 Å². The second-order valence-electron chi connectivity index (χ2n) is 10.8. The van der Waals surface area contributed by atoms with E-state index in [1.165, 1.54) is 24.4 Å². The normalized spacial score (nSPS) is 27.2. The van der Waals surface area contributed by atoms with Gasteiger partial charge in [-0.25, -0.2) is 9.59 Å². The SMILES string of the molecule is CC(/C=C/NC(=O)c1cccnc1)=C\[C@@H](C)[C@H]1C/C(C)=C/C=C/CC[C@H](OC(N)=O)[C@@H](O)/C=C/[C@@H](O)CCC/C=C/C(=O)O1. The first-order chi connectivity index (χ1) is 21.0. The highest BCUT2D eigenvalue weighted by Gasteiger charge is 2.21. The number of rotatable bonds is 6. The molecule has 0 fully saturated rings. The van der Waals surface area contributed by atoms with Crippen LogP contribution in [0.25, 0.3) is 0 Å². The lowest BCUT2D eigenvalue weighted by atomic mass is 9.95. The molecule has 1 aliphatic rings. The van der Waals surface area contributed by atoms with Gasteiger partial charge in [-0.15, -0.1) is 0 Å². The zero-order chi connectivity index (χ0) is 32.3. The monoisotopic (exact) mass is 607 g/mol. The van der Waals surface area contributed by atoms with E-state index in [9.17, 15) is 24.6 Å². The van der Waals surface area contributed by atoms with E-state index in [-0.39, 0.29) is 11.8 Å². The van der Waals surface area contributed by atoms with Crippen LogP contribution in [0.1, 0.15) is 69.7 Å². The summed E-state index contributed by atoms with van der Waals surface area (Å²) in [7, 11) is 0. The minimum Gasteiger partial charge on any atom is -0.458 e. The van der Waals surface area contributed by atoms with Crippen molar-refractivity contribution in [2.75, 3.05) is 0 Å². The molecule has 0 saturated carbocycles. The number of ether oxygens (including phenoxy) is 2. The molecule has 2 heterocycles. The maximum absolute atomic E-state index is 12.7. The fourth-order valence-corrected chi connectivity index (χ4v) is 4.44. The number of nitrogens with two attached hydrogens (primary N) is 1. The van der Waals surface area contributed by atoms with Crippen LogP contribution in [0.5, 0.6) is 0 Å². The summed E-state index contributed by atoms with van der Waals surface area (Å²) in [4.78, 5) is 40.2. The zero-order valence-corrected chi connectivity index (χ0v) is 25.7. The first-order valence-electron chi connectivity index (χ1n) is 14.8. The zero-order valence-electron chi connectivity index (χ0n) is 25.7. The van der Waals surface area contributed by atoms with Gasteiger partial charge in [-0.1, -0.05) is 60.6 Å². The molecule has 10 heteroatoms. The number of nitrogens with one attached hydrogen (secondary N) is 1. The average Bonchev–Trinajstić information content (AvgIpc) is 2.98. The number of carbonyl (C=O) groups is 3. The maximum atomic E-state index is 12.7. The van der Waals surface area contributed by atoms with Crippen LogP contribution in [0.15, 0.2) is 96.6 Å². The highest BCUT2D eigenvalue weighted by atomic mass is 16.6. The molecule has 0 unspecified atom stereocenters. The van der Waals surface area contributed by atoms with Gasteiger partial charge >= 0.3 is 12.1 Å². The fraction of sp³-hybridized carbons (Fsp3) is 0.412. The molecule has 0 bridgehead atoms. The van der Waals surface area contributed by atoms with E-state index in [1.54, 1.807) is 36.7 Å². The van der Waals surface area contributed by atoms with Crippen molar-refractivity contribution in [3.05, 3.63) is 102 Å². The Hall–Kier alpha value is -4.28. The quantitative estimate of drug-likeness (QED) is 0.200. The minimum absolute atomic E-state index is 0.147. The molecule has 0 spiro atoms. The van der Waals surface area contributed by atoms with Gasteiger partial charge in [-0.05, 0) is 64.2 Å². The van der Waals surface area contributed by atoms with Crippen LogP contribution in [0.2, 0.25) is 0 Å². The van der Waals surface area contributed by atoms with E-state index >= 15 is 0 Å². The molecule has 44 heavy (non-hydrogen) atoms. The van der Waals surface area contributed by atoms with E-state index in [1.807, 2.05) is 45.1 Å². The highest BCUT2D eigenvalue weighted by molar-refractivity contribution is 5.94. The Balaban J connectivity index is 2.16. The molecule has 0 saturated heterocycles. The summed E-state index contributed by atoms with van der Waals surface area (Å²) in [5.74, 6) is -0.863. The van der Waals surface area contributed by atoms with Crippen molar-refractivity contribution in [3.63, 3.8) is 0 Å². The molecule has 0 aliphatic carbocycles. The third-order valence-corrected chi connectivity index (χ3v) is 6.83. The number of amides is 2. The highest BCUT2D eigenvalue weighted by Crippen LogP contribution is 2.21. The van der Waals surface area contributed by atoms with E-state index < -0.39 is 36.5 Å². The van der Waals surface area contributed by atoms with Crippen LogP contribution in [-0.2, 0) is 14.3 Å². The van der Waals surface area contributed by atoms with Crippen LogP contribution in [0, 0.1) is 5.92 Å². The van der Waals surface area contributed by atoms with Crippen LogP contribution in [0.4, 0.5) is 4.79 Å². The number of hydrogen-bond donors (Lipinski definition) is 4. The minimum atomic E-state index is -1.12. The predicted octanol–water partition coefficient (Wildman–Crippen LogP) is 4.97. The van der Waals surface area contributed by atoms with Crippen LogP contribution in [0.3, 0.4) is 0 Å². The molecule has 2 amide bonds. The number of cyclic esters (lactones) is 1. The van der Waals surface area contributed by atoms with Crippen LogP contribution >= 0.6 is 0 Å². The molecule has 238 valence electrons. The smallest absolute Gasteiger partial charge is 0.404 e. The lowest BCUT2D eigenvalue weighted by Crippen LogP contribution is -2.32. The van der Waals surface area contributed by atoms with Gasteiger partial charge in [0.2, 0.25) is 0 Å². The average molecular weight is 608 g/mol. The number of primary amides is 1. The van der Waals surface area contributed by atoms with Gasteiger partial charge in [0.05, 0.1) is 11.7 Å². The van der Waals surface area contributed by atoms with Gasteiger partial charge in [0.1, 0.15) is 18.3 Å². The Kier molecular flexibility index (Phi) is 16.2. The van der Waals surface area contributed by atoms with Crippen molar-refractivity contribution < 1.29 is 34.1 Å². The molecule has 5 N–H and O–H groups in total. The van der Waals surface area contributed by atoms with Crippen molar-refractivity contribution >= 4 is 18.0 Å². The van der Waals surface area contributed by atoms with Gasteiger partial charge in [0.25, 0.3) is 5.91 Å². The Morgan fingerprint density at radius 2 is 2.00 bits per heavy atom. The largest absolute Gasteiger partial charge is 0.458 e. The van der Waals surface area contributed by atoms with Gasteiger partial charge in [0, 0.05) is 37.0 Å². The maximum Gasteiger partial charge on any atom is 0.404 e. The number of carbonyl (C=O) groups excluding carboxylic acids is 3. The number of hydrogen-bond acceptors (Lipinski definition) is 8. The van der Waals surface area contributed by atoms with Crippen LogP contribution in [-0.4, -0.2) is 57.6 Å². The Morgan fingerprint density at radius 3 is 2.73 bits per heavy atom. The standard InChI is InChI=1S/C34H45N3O7/c1-24-11-6-4-8-14-30(44-34(35)42)29(39)17-16-28(38)13-7-5-9-15-32(40)43-31(22-24)26(3)21-25(2)18-20-37-33(41)27-12-10-19-36-23-27/h4,6,9-12,15-21,23,26,28-31,38-39H,5,7-8,13-14,22H2,1-3H3,(H2,35,42)(H,37,41)/b6-4+,15-9+,17-16+,20-18+,24-11+,25-21+/t26-,28+,29+,30+,31-/m1/s1. The Labute approximate surface area is 259 Å².